The van der Waals surface area contributed by atoms with Gasteiger partial charge in [0.25, 0.3) is 0 Å². The van der Waals surface area contributed by atoms with Gasteiger partial charge in [-0.25, -0.2) is 0 Å². The summed E-state index contributed by atoms with van der Waals surface area (Å²) < 4.78 is 4.57. The summed E-state index contributed by atoms with van der Waals surface area (Å²) in [4.78, 5) is 2.47. The van der Waals surface area contributed by atoms with Gasteiger partial charge in [-0.15, -0.1) is 0 Å². The van der Waals surface area contributed by atoms with Crippen LogP contribution in [0.4, 0.5) is 0 Å². The molecule has 0 bridgehead atoms. The number of rotatable bonds is 4. The van der Waals surface area contributed by atoms with Crippen molar-refractivity contribution in [1.82, 2.24) is 0 Å². The summed E-state index contributed by atoms with van der Waals surface area (Å²) in [6.07, 6.45) is -0.675. The summed E-state index contributed by atoms with van der Waals surface area (Å²) in [5.74, 6) is 0. The Morgan fingerprint density at radius 1 is 1.89 bits per heavy atom. The Morgan fingerprint density at radius 3 is 3.00 bits per heavy atom. The smallest absolute Gasteiger partial charge is 0.0829 e. The lowest BCUT2D eigenvalue weighted by Gasteiger charge is -2.02. The first-order valence-corrected chi connectivity index (χ1v) is 2.49. The highest BCUT2D eigenvalue weighted by molar-refractivity contribution is 4.56. The minimum Gasteiger partial charge on any atom is -0.391 e. The Labute approximate surface area is 52.9 Å². The number of azide groups is 1. The van der Waals surface area contributed by atoms with Gasteiger partial charge in [-0.1, -0.05) is 5.11 Å². The maximum absolute atomic E-state index is 8.79. The second kappa shape index (κ2) is 5.37. The molecule has 9 heavy (non-hydrogen) atoms. The van der Waals surface area contributed by atoms with Crippen molar-refractivity contribution in [3.05, 3.63) is 10.4 Å². The monoisotopic (exact) mass is 131 g/mol. The average molecular weight is 131 g/mol. The molecule has 0 fully saturated rings. The first kappa shape index (κ1) is 8.23. The van der Waals surface area contributed by atoms with Gasteiger partial charge in [-0.2, -0.15) is 0 Å². The third-order valence-electron chi connectivity index (χ3n) is 0.715. The van der Waals surface area contributed by atoms with E-state index in [4.69, 9.17) is 10.6 Å². The minimum absolute atomic E-state index is 0.0737. The zero-order valence-corrected chi connectivity index (χ0v) is 5.19. The van der Waals surface area contributed by atoms with Gasteiger partial charge < -0.3 is 9.84 Å². The molecule has 0 aliphatic heterocycles. The summed E-state index contributed by atoms with van der Waals surface area (Å²) in [5.41, 5.74) is 7.79. The van der Waals surface area contributed by atoms with E-state index in [1.54, 1.807) is 0 Å². The first-order valence-electron chi connectivity index (χ1n) is 2.49. The number of aliphatic hydroxyl groups is 1. The summed E-state index contributed by atoms with van der Waals surface area (Å²) in [7, 11) is 1.47. The van der Waals surface area contributed by atoms with Crippen molar-refractivity contribution in [2.24, 2.45) is 5.11 Å². The quantitative estimate of drug-likeness (QED) is 0.338. The average Bonchev–Trinajstić information content (AvgIpc) is 1.85. The topological polar surface area (TPSA) is 78.2 Å². The van der Waals surface area contributed by atoms with Gasteiger partial charge in [0, 0.05) is 12.0 Å². The number of nitrogens with zero attached hydrogens (tertiary/aromatic N) is 3. The lowest BCUT2D eigenvalue weighted by Crippen LogP contribution is -2.16. The van der Waals surface area contributed by atoms with Crippen molar-refractivity contribution in [1.29, 1.82) is 0 Å². The van der Waals surface area contributed by atoms with Gasteiger partial charge in [0.15, 0.2) is 0 Å². The summed E-state index contributed by atoms with van der Waals surface area (Å²) >= 11 is 0. The van der Waals surface area contributed by atoms with Crippen LogP contribution in [-0.2, 0) is 4.74 Å². The van der Waals surface area contributed by atoms with Crippen LogP contribution in [0.25, 0.3) is 10.4 Å². The minimum atomic E-state index is -0.675. The van der Waals surface area contributed by atoms with E-state index < -0.39 is 6.10 Å². The molecule has 0 saturated carbocycles. The summed E-state index contributed by atoms with van der Waals surface area (Å²) in [6, 6.07) is 0. The Morgan fingerprint density at radius 2 is 2.56 bits per heavy atom. The first-order chi connectivity index (χ1) is 4.31. The molecule has 5 nitrogen and oxygen atoms in total. The van der Waals surface area contributed by atoms with Crippen LogP contribution in [0.15, 0.2) is 5.11 Å². The molecule has 0 aromatic heterocycles. The van der Waals surface area contributed by atoms with E-state index in [1.807, 2.05) is 0 Å². The van der Waals surface area contributed by atoms with Gasteiger partial charge in [0.05, 0.1) is 19.3 Å². The predicted octanol–water partition coefficient (Wildman–Crippen LogP) is 0.304. The van der Waals surface area contributed by atoms with Crippen LogP contribution >= 0.6 is 0 Å². The fourth-order valence-corrected chi connectivity index (χ4v) is 0.376. The van der Waals surface area contributed by atoms with Gasteiger partial charge in [-0.05, 0) is 5.53 Å². The van der Waals surface area contributed by atoms with Crippen molar-refractivity contribution in [3.8, 4) is 0 Å². The fraction of sp³-hybridized carbons (Fsp3) is 1.00. The van der Waals surface area contributed by atoms with E-state index in [0.717, 1.165) is 0 Å². The third kappa shape index (κ3) is 5.10. The number of hydrogen-bond acceptors (Lipinski definition) is 3. The van der Waals surface area contributed by atoms with Gasteiger partial charge in [0.2, 0.25) is 0 Å². The normalized spacial score (nSPS) is 12.2. The lowest BCUT2D eigenvalue weighted by atomic mass is 10.4. The zero-order valence-electron chi connectivity index (χ0n) is 5.19. The lowest BCUT2D eigenvalue weighted by molar-refractivity contribution is 0.0702. The molecule has 0 saturated heterocycles. The van der Waals surface area contributed by atoms with Crippen LogP contribution in [0, 0.1) is 0 Å². The van der Waals surface area contributed by atoms with Gasteiger partial charge in [0.1, 0.15) is 0 Å². The molecule has 1 N–H and O–H groups in total. The van der Waals surface area contributed by atoms with E-state index >= 15 is 0 Å². The molecule has 0 unspecified atom stereocenters. The molecule has 0 amide bonds. The highest BCUT2D eigenvalue weighted by atomic mass is 16.5. The molecular formula is C4H9N3O2. The largest absolute Gasteiger partial charge is 0.391 e. The van der Waals surface area contributed by atoms with Crippen LogP contribution in [0.3, 0.4) is 0 Å². The summed E-state index contributed by atoms with van der Waals surface area (Å²) in [5, 5.41) is 11.9. The maximum atomic E-state index is 8.79. The molecule has 52 valence electrons. The Hall–Kier alpha value is -0.770. The molecule has 0 radical (unpaired) electrons. The van der Waals surface area contributed by atoms with Crippen molar-refractivity contribution in [2.75, 3.05) is 20.3 Å². The van der Waals surface area contributed by atoms with Crippen LogP contribution in [0.2, 0.25) is 0 Å². The molecular weight excluding hydrogens is 122 g/mol. The number of hydrogen-bond donors (Lipinski definition) is 1. The molecule has 0 heterocycles. The summed E-state index contributed by atoms with van der Waals surface area (Å²) in [6.45, 7) is 0.281. The van der Waals surface area contributed by atoms with E-state index in [0.29, 0.717) is 0 Å². The van der Waals surface area contributed by atoms with E-state index in [2.05, 4.69) is 14.8 Å². The molecule has 0 aromatic rings. The van der Waals surface area contributed by atoms with Crippen molar-refractivity contribution in [3.63, 3.8) is 0 Å². The second-order valence-electron chi connectivity index (χ2n) is 1.52. The fourth-order valence-electron chi connectivity index (χ4n) is 0.376. The standard InChI is InChI=1S/C4H9N3O2/c1-9-3-4(8)2-6-7-5/h4,8H,2-3H2,1H3/t4-/m0/s1. The molecule has 1 atom stereocenters. The molecule has 0 rings (SSSR count). The zero-order chi connectivity index (χ0) is 7.11. The van der Waals surface area contributed by atoms with Crippen molar-refractivity contribution < 1.29 is 9.84 Å². The molecule has 0 aliphatic carbocycles. The third-order valence-corrected chi connectivity index (χ3v) is 0.715. The molecule has 0 aromatic carbocycles. The van der Waals surface area contributed by atoms with Crippen LogP contribution < -0.4 is 0 Å². The maximum Gasteiger partial charge on any atom is 0.0829 e. The number of ether oxygens (including phenoxy) is 1. The second-order valence-corrected chi connectivity index (χ2v) is 1.52. The number of methoxy groups -OCH3 is 1. The highest BCUT2D eigenvalue weighted by Gasteiger charge is 1.98. The predicted molar refractivity (Wildman–Crippen MR) is 31.9 cm³/mol. The Kier molecular flexibility index (Phi) is 4.91. The van der Waals surface area contributed by atoms with Gasteiger partial charge >= 0.3 is 0 Å². The van der Waals surface area contributed by atoms with E-state index in [9.17, 15) is 0 Å². The van der Waals surface area contributed by atoms with Gasteiger partial charge in [-0.3, -0.25) is 0 Å². The van der Waals surface area contributed by atoms with E-state index in [1.165, 1.54) is 7.11 Å². The molecule has 0 aliphatic rings. The van der Waals surface area contributed by atoms with Crippen molar-refractivity contribution >= 4 is 0 Å². The van der Waals surface area contributed by atoms with E-state index in [-0.39, 0.29) is 13.2 Å². The van der Waals surface area contributed by atoms with Crippen LogP contribution in [-0.4, -0.2) is 31.5 Å². The Bertz CT molecular complexity index is 110. The van der Waals surface area contributed by atoms with Crippen molar-refractivity contribution in [2.45, 2.75) is 6.10 Å². The Balaban J connectivity index is 3.25. The highest BCUT2D eigenvalue weighted by Crippen LogP contribution is 1.84. The number of aliphatic hydroxyl groups excluding tert-OH is 1. The molecule has 5 heteroatoms. The molecule has 0 spiro atoms. The van der Waals surface area contributed by atoms with Crippen LogP contribution in [0.1, 0.15) is 0 Å². The SMILES string of the molecule is COC[C@@H](O)CN=[N+]=[N-]. The van der Waals surface area contributed by atoms with Crippen LogP contribution in [0.5, 0.6) is 0 Å².